The molecule has 0 saturated heterocycles. The molecule has 0 aliphatic carbocycles. The summed E-state index contributed by atoms with van der Waals surface area (Å²) < 4.78 is 99.1. The van der Waals surface area contributed by atoms with Gasteiger partial charge in [0.1, 0.15) is 17.2 Å². The van der Waals surface area contributed by atoms with Crippen LogP contribution in [0.2, 0.25) is 0 Å². The predicted octanol–water partition coefficient (Wildman–Crippen LogP) is 8.17. The van der Waals surface area contributed by atoms with Gasteiger partial charge in [-0.2, -0.15) is 26.3 Å². The van der Waals surface area contributed by atoms with E-state index in [9.17, 15) is 31.1 Å². The number of rotatable bonds is 14. The average molecular weight is 693 g/mol. The standard InChI is InChI=1S/C34H34F6N4O5/c1-20(2)28-9-10-29(48-4)31(43-28)27-8-7-25(47-3)14-22(27)19-44(32-41-16-26(17-42-32)49-11-5-6-30(45)46)18-21-12-23(33(35,36)37)15-24(13-21)34(38,39)40/h7-10,12-17,20H,5-6,11,18-19H2,1-4H3,(H,45,46). The number of halogens is 6. The summed E-state index contributed by atoms with van der Waals surface area (Å²) in [6, 6.07) is 10.1. The number of alkyl halides is 6. The lowest BCUT2D eigenvalue weighted by molar-refractivity contribution is -0.143. The molecule has 0 saturated carbocycles. The molecule has 0 aliphatic heterocycles. The van der Waals surface area contributed by atoms with Crippen LogP contribution in [-0.4, -0.2) is 46.9 Å². The Morgan fingerprint density at radius 3 is 2.06 bits per heavy atom. The van der Waals surface area contributed by atoms with Crippen molar-refractivity contribution in [3.63, 3.8) is 0 Å². The zero-order chi connectivity index (χ0) is 35.9. The van der Waals surface area contributed by atoms with E-state index in [1.54, 1.807) is 24.3 Å². The van der Waals surface area contributed by atoms with E-state index in [2.05, 4.69) is 9.97 Å². The lowest BCUT2D eigenvalue weighted by Crippen LogP contribution is -2.25. The van der Waals surface area contributed by atoms with Gasteiger partial charge in [0.2, 0.25) is 5.95 Å². The zero-order valence-electron chi connectivity index (χ0n) is 27.0. The molecule has 0 atom stereocenters. The Kier molecular flexibility index (Phi) is 11.6. The van der Waals surface area contributed by atoms with Crippen LogP contribution in [0.25, 0.3) is 11.3 Å². The van der Waals surface area contributed by atoms with E-state index in [0.717, 1.165) is 5.69 Å². The number of aliphatic carboxylic acids is 1. The summed E-state index contributed by atoms with van der Waals surface area (Å²) in [5, 5.41) is 8.84. The van der Waals surface area contributed by atoms with Crippen LogP contribution in [-0.2, 0) is 30.2 Å². The third-order valence-electron chi connectivity index (χ3n) is 7.34. The quantitative estimate of drug-likeness (QED) is 0.103. The van der Waals surface area contributed by atoms with Gasteiger partial charge in [-0.3, -0.25) is 4.79 Å². The Balaban J connectivity index is 1.82. The lowest BCUT2D eigenvalue weighted by atomic mass is 10.00. The molecule has 4 aromatic rings. The van der Waals surface area contributed by atoms with Gasteiger partial charge in [0.25, 0.3) is 0 Å². The van der Waals surface area contributed by atoms with Gasteiger partial charge < -0.3 is 24.2 Å². The highest BCUT2D eigenvalue weighted by molar-refractivity contribution is 5.71. The van der Waals surface area contributed by atoms with Gasteiger partial charge in [-0.15, -0.1) is 0 Å². The molecule has 2 heterocycles. The second kappa shape index (κ2) is 15.4. The van der Waals surface area contributed by atoms with Gasteiger partial charge in [0, 0.05) is 30.8 Å². The highest BCUT2D eigenvalue weighted by Crippen LogP contribution is 2.38. The number of anilines is 1. The summed E-state index contributed by atoms with van der Waals surface area (Å²) in [4.78, 5) is 25.6. The van der Waals surface area contributed by atoms with Crippen molar-refractivity contribution in [3.8, 4) is 28.5 Å². The topological polar surface area (TPSA) is 107 Å². The molecule has 0 aliphatic rings. The Labute approximate surface area is 278 Å². The average Bonchev–Trinajstić information content (AvgIpc) is 3.05. The second-order valence-corrected chi connectivity index (χ2v) is 11.3. The number of hydrogen-bond acceptors (Lipinski definition) is 8. The normalized spacial score (nSPS) is 11.8. The Morgan fingerprint density at radius 2 is 1.51 bits per heavy atom. The van der Waals surface area contributed by atoms with Crippen LogP contribution >= 0.6 is 0 Å². The molecule has 262 valence electrons. The minimum absolute atomic E-state index is 0.0338. The van der Waals surface area contributed by atoms with E-state index in [-0.39, 0.29) is 55.2 Å². The molecule has 0 spiro atoms. The van der Waals surface area contributed by atoms with Crippen LogP contribution in [0.5, 0.6) is 17.2 Å². The molecule has 49 heavy (non-hydrogen) atoms. The SMILES string of the molecule is COc1ccc(-c2nc(C(C)C)ccc2OC)c(CN(Cc2cc(C(F)(F)F)cc(C(F)(F)F)c2)c2ncc(OCCCC(=O)O)cn2)c1. The molecule has 0 unspecified atom stereocenters. The second-order valence-electron chi connectivity index (χ2n) is 11.3. The zero-order valence-corrected chi connectivity index (χ0v) is 27.0. The van der Waals surface area contributed by atoms with Crippen molar-refractivity contribution >= 4 is 11.9 Å². The minimum Gasteiger partial charge on any atom is -0.497 e. The van der Waals surface area contributed by atoms with Crippen molar-refractivity contribution in [3.05, 3.63) is 88.9 Å². The number of pyridine rings is 1. The summed E-state index contributed by atoms with van der Waals surface area (Å²) in [5.74, 6) is 0.0972. The summed E-state index contributed by atoms with van der Waals surface area (Å²) in [6.07, 6.45) is -7.42. The van der Waals surface area contributed by atoms with Gasteiger partial charge >= 0.3 is 18.3 Å². The number of nitrogens with zero attached hydrogens (tertiary/aromatic N) is 4. The van der Waals surface area contributed by atoms with E-state index in [1.165, 1.54) is 31.5 Å². The van der Waals surface area contributed by atoms with Crippen LogP contribution in [0.1, 0.15) is 60.6 Å². The largest absolute Gasteiger partial charge is 0.497 e. The van der Waals surface area contributed by atoms with Crippen molar-refractivity contribution < 1.29 is 50.5 Å². The number of hydrogen-bond donors (Lipinski definition) is 1. The molecule has 9 nitrogen and oxygen atoms in total. The first kappa shape index (κ1) is 36.8. The van der Waals surface area contributed by atoms with Gasteiger partial charge in [-0.05, 0) is 72.0 Å². The van der Waals surface area contributed by atoms with Gasteiger partial charge in [-0.25, -0.2) is 15.0 Å². The van der Waals surface area contributed by atoms with Gasteiger partial charge in [0.05, 0.1) is 44.3 Å². The van der Waals surface area contributed by atoms with Crippen molar-refractivity contribution in [1.29, 1.82) is 0 Å². The molecule has 0 fully saturated rings. The third-order valence-corrected chi connectivity index (χ3v) is 7.34. The predicted molar refractivity (Wildman–Crippen MR) is 168 cm³/mol. The third kappa shape index (κ3) is 9.74. The number of carboxylic acids is 1. The molecular weight excluding hydrogens is 658 g/mol. The van der Waals surface area contributed by atoms with E-state index in [4.69, 9.17) is 24.3 Å². The first-order chi connectivity index (χ1) is 23.1. The maximum absolute atomic E-state index is 13.8. The monoisotopic (exact) mass is 692 g/mol. The fraction of sp³-hybridized carbons (Fsp3) is 0.353. The number of aromatic nitrogens is 3. The molecule has 0 radical (unpaired) electrons. The van der Waals surface area contributed by atoms with E-state index < -0.39 is 36.0 Å². The van der Waals surface area contributed by atoms with Crippen molar-refractivity contribution in [1.82, 2.24) is 15.0 Å². The van der Waals surface area contributed by atoms with Crippen LogP contribution in [0, 0.1) is 0 Å². The van der Waals surface area contributed by atoms with Crippen LogP contribution in [0.4, 0.5) is 32.3 Å². The molecule has 15 heteroatoms. The number of ether oxygens (including phenoxy) is 3. The highest BCUT2D eigenvalue weighted by Gasteiger charge is 2.37. The number of methoxy groups -OCH3 is 2. The first-order valence-corrected chi connectivity index (χ1v) is 15.0. The Morgan fingerprint density at radius 1 is 0.857 bits per heavy atom. The van der Waals surface area contributed by atoms with Crippen LogP contribution < -0.4 is 19.1 Å². The van der Waals surface area contributed by atoms with E-state index >= 15 is 0 Å². The molecule has 0 amide bonds. The van der Waals surface area contributed by atoms with E-state index in [0.29, 0.717) is 40.5 Å². The number of benzene rings is 2. The van der Waals surface area contributed by atoms with Gasteiger partial charge in [-0.1, -0.05) is 13.8 Å². The molecule has 0 bridgehead atoms. The molecular formula is C34H34F6N4O5. The summed E-state index contributed by atoms with van der Waals surface area (Å²) in [5.41, 5.74) is -0.859. The molecule has 2 aromatic heterocycles. The van der Waals surface area contributed by atoms with Crippen molar-refractivity contribution in [2.75, 3.05) is 25.7 Å². The Bertz CT molecular complexity index is 1710. The number of carboxylic acid groups (broad SMARTS) is 1. The fourth-order valence-corrected chi connectivity index (χ4v) is 4.89. The summed E-state index contributed by atoms with van der Waals surface area (Å²) >= 11 is 0. The Hall–Kier alpha value is -5.08. The summed E-state index contributed by atoms with van der Waals surface area (Å²) in [6.45, 7) is 3.42. The first-order valence-electron chi connectivity index (χ1n) is 15.0. The molecule has 2 aromatic carbocycles. The lowest BCUT2D eigenvalue weighted by Gasteiger charge is -2.26. The van der Waals surface area contributed by atoms with E-state index in [1.807, 2.05) is 19.9 Å². The highest BCUT2D eigenvalue weighted by atomic mass is 19.4. The maximum atomic E-state index is 13.8. The summed E-state index contributed by atoms with van der Waals surface area (Å²) in [7, 11) is 2.93. The van der Waals surface area contributed by atoms with Crippen LogP contribution in [0.3, 0.4) is 0 Å². The number of carbonyl (C=O) groups is 1. The van der Waals surface area contributed by atoms with Crippen molar-refractivity contribution in [2.24, 2.45) is 0 Å². The van der Waals surface area contributed by atoms with Gasteiger partial charge in [0.15, 0.2) is 5.75 Å². The maximum Gasteiger partial charge on any atom is 0.416 e. The molecule has 4 rings (SSSR count). The fourth-order valence-electron chi connectivity index (χ4n) is 4.89. The minimum atomic E-state index is -5.04. The van der Waals surface area contributed by atoms with Crippen molar-refractivity contribution in [2.45, 2.75) is 58.0 Å². The van der Waals surface area contributed by atoms with Crippen LogP contribution in [0.15, 0.2) is 60.9 Å². The molecule has 1 N–H and O–H groups in total. The smallest absolute Gasteiger partial charge is 0.416 e.